The van der Waals surface area contributed by atoms with Gasteiger partial charge in [-0.2, -0.15) is 0 Å². The molecule has 0 aromatic carbocycles. The van der Waals surface area contributed by atoms with Crippen LogP contribution in [0.4, 0.5) is 0 Å². The van der Waals surface area contributed by atoms with Crippen LogP contribution in [0.1, 0.15) is 27.4 Å². The molecule has 1 aliphatic heterocycles. The quantitative estimate of drug-likeness (QED) is 0.642. The third-order valence-electron chi connectivity index (χ3n) is 3.80. The Morgan fingerprint density at radius 1 is 1.45 bits per heavy atom. The van der Waals surface area contributed by atoms with Gasteiger partial charge in [-0.1, -0.05) is 6.07 Å². The molecule has 0 spiro atoms. The zero-order valence-corrected chi connectivity index (χ0v) is 12.5. The molecule has 0 fully saturated rings. The monoisotopic (exact) mass is 287 g/mol. The lowest BCUT2D eigenvalue weighted by Crippen LogP contribution is -2.25. The summed E-state index contributed by atoms with van der Waals surface area (Å²) in [7, 11) is 1.93. The normalized spacial score (nSPS) is 15.1. The van der Waals surface area contributed by atoms with Gasteiger partial charge in [-0.3, -0.25) is 9.78 Å². The highest BCUT2D eigenvalue weighted by Crippen LogP contribution is 2.31. The van der Waals surface area contributed by atoms with E-state index in [1.54, 1.807) is 11.9 Å². The number of hydrogen-bond acceptors (Lipinski definition) is 4. The maximum absolute atomic E-state index is 11.0. The van der Waals surface area contributed by atoms with E-state index in [9.17, 15) is 4.79 Å². The molecule has 0 atom stereocenters. The van der Waals surface area contributed by atoms with Crippen molar-refractivity contribution >= 4 is 18.2 Å². The molecule has 104 valence electrons. The second-order valence-electron chi connectivity index (χ2n) is 5.01. The van der Waals surface area contributed by atoms with Gasteiger partial charge in [-0.15, -0.1) is 0 Å². The van der Waals surface area contributed by atoms with E-state index in [2.05, 4.69) is 22.3 Å². The van der Waals surface area contributed by atoms with Gasteiger partial charge < -0.3 is 4.57 Å². The first kappa shape index (κ1) is 13.4. The minimum Gasteiger partial charge on any atom is -0.345 e. The predicted molar refractivity (Wildman–Crippen MR) is 79.7 cm³/mol. The summed E-state index contributed by atoms with van der Waals surface area (Å²) >= 11 is 1.73. The first-order valence-electron chi connectivity index (χ1n) is 6.66. The van der Waals surface area contributed by atoms with Crippen LogP contribution in [0.15, 0.2) is 29.3 Å². The molecule has 0 bridgehead atoms. The summed E-state index contributed by atoms with van der Waals surface area (Å²) in [5.41, 5.74) is 4.37. The molecule has 3 heterocycles. The van der Waals surface area contributed by atoms with Crippen molar-refractivity contribution in [3.05, 3.63) is 47.0 Å². The number of carbonyl (C=O) groups is 1. The van der Waals surface area contributed by atoms with E-state index in [0.29, 0.717) is 0 Å². The van der Waals surface area contributed by atoms with Crippen LogP contribution in [0.2, 0.25) is 0 Å². The highest BCUT2D eigenvalue weighted by Gasteiger charge is 2.19. The SMILES string of the molecule is Cc1c(SN2CCc3ncccc3C2)cc(C=O)n1C. The Kier molecular flexibility index (Phi) is 3.63. The molecule has 0 saturated carbocycles. The van der Waals surface area contributed by atoms with Crippen molar-refractivity contribution in [2.24, 2.45) is 7.05 Å². The van der Waals surface area contributed by atoms with E-state index in [1.165, 1.54) is 11.3 Å². The molecule has 5 heteroatoms. The maximum atomic E-state index is 11.0. The summed E-state index contributed by atoms with van der Waals surface area (Å²) in [6.45, 7) is 3.94. The van der Waals surface area contributed by atoms with Crippen molar-refractivity contribution in [2.75, 3.05) is 6.54 Å². The van der Waals surface area contributed by atoms with Crippen LogP contribution in [-0.4, -0.2) is 26.7 Å². The molecule has 0 N–H and O–H groups in total. The Morgan fingerprint density at radius 3 is 3.05 bits per heavy atom. The van der Waals surface area contributed by atoms with Crippen LogP contribution in [-0.2, 0) is 20.0 Å². The number of rotatable bonds is 3. The van der Waals surface area contributed by atoms with Crippen LogP contribution >= 0.6 is 11.9 Å². The van der Waals surface area contributed by atoms with Gasteiger partial charge in [0.15, 0.2) is 6.29 Å². The second-order valence-corrected chi connectivity index (χ2v) is 6.15. The van der Waals surface area contributed by atoms with Crippen molar-refractivity contribution in [1.29, 1.82) is 0 Å². The molecule has 0 amide bonds. The Hall–Kier alpha value is -1.59. The molecule has 0 aliphatic carbocycles. The molecule has 4 nitrogen and oxygen atoms in total. The molecule has 20 heavy (non-hydrogen) atoms. The van der Waals surface area contributed by atoms with Crippen molar-refractivity contribution in [3.8, 4) is 0 Å². The number of pyridine rings is 1. The molecule has 2 aromatic heterocycles. The highest BCUT2D eigenvalue weighted by atomic mass is 32.2. The summed E-state index contributed by atoms with van der Waals surface area (Å²) in [5.74, 6) is 0. The number of carbonyl (C=O) groups excluding carboxylic acids is 1. The van der Waals surface area contributed by atoms with Crippen LogP contribution in [0.3, 0.4) is 0 Å². The van der Waals surface area contributed by atoms with Gasteiger partial charge >= 0.3 is 0 Å². The van der Waals surface area contributed by atoms with Crippen molar-refractivity contribution in [1.82, 2.24) is 13.9 Å². The van der Waals surface area contributed by atoms with Crippen molar-refractivity contribution in [2.45, 2.75) is 24.8 Å². The first-order valence-corrected chi connectivity index (χ1v) is 7.43. The molecule has 3 rings (SSSR count). The summed E-state index contributed by atoms with van der Waals surface area (Å²) < 4.78 is 4.27. The topological polar surface area (TPSA) is 38.1 Å². The predicted octanol–water partition coefficient (Wildman–Crippen LogP) is 2.61. The van der Waals surface area contributed by atoms with Gasteiger partial charge in [0.25, 0.3) is 0 Å². The fourth-order valence-electron chi connectivity index (χ4n) is 2.46. The van der Waals surface area contributed by atoms with E-state index >= 15 is 0 Å². The lowest BCUT2D eigenvalue weighted by molar-refractivity contribution is 0.111. The fraction of sp³-hybridized carbons (Fsp3) is 0.333. The van der Waals surface area contributed by atoms with E-state index in [4.69, 9.17) is 0 Å². The number of fused-ring (bicyclic) bond motifs is 1. The smallest absolute Gasteiger partial charge is 0.166 e. The van der Waals surface area contributed by atoms with Gasteiger partial charge in [0, 0.05) is 49.0 Å². The average molecular weight is 287 g/mol. The molecular formula is C15H17N3OS. The standard InChI is InChI=1S/C15H17N3OS/c1-11-15(8-13(10-19)17(11)2)20-18-7-5-14-12(9-18)4-3-6-16-14/h3-4,6,8,10H,5,7,9H2,1-2H3. The Bertz CT molecular complexity index is 651. The van der Waals surface area contributed by atoms with Crippen molar-refractivity contribution < 1.29 is 4.79 Å². The van der Waals surface area contributed by atoms with Crippen LogP contribution < -0.4 is 0 Å². The minimum absolute atomic E-state index is 0.726. The van der Waals surface area contributed by atoms with E-state index < -0.39 is 0 Å². The first-order chi connectivity index (χ1) is 9.69. The van der Waals surface area contributed by atoms with E-state index in [0.717, 1.165) is 42.1 Å². The van der Waals surface area contributed by atoms with Crippen molar-refractivity contribution in [3.63, 3.8) is 0 Å². The fourth-order valence-corrected chi connectivity index (χ4v) is 3.56. The summed E-state index contributed by atoms with van der Waals surface area (Å²) in [5, 5.41) is 0. The number of aldehydes is 1. The highest BCUT2D eigenvalue weighted by molar-refractivity contribution is 7.97. The zero-order chi connectivity index (χ0) is 14.1. The Balaban J connectivity index is 1.78. The molecule has 0 unspecified atom stereocenters. The van der Waals surface area contributed by atoms with E-state index in [1.807, 2.05) is 29.9 Å². The van der Waals surface area contributed by atoms with Gasteiger partial charge in [0.05, 0.1) is 5.69 Å². The summed E-state index contributed by atoms with van der Waals surface area (Å²) in [4.78, 5) is 16.6. The van der Waals surface area contributed by atoms with E-state index in [-0.39, 0.29) is 0 Å². The molecular weight excluding hydrogens is 270 g/mol. The average Bonchev–Trinajstić information content (AvgIpc) is 2.75. The summed E-state index contributed by atoms with van der Waals surface area (Å²) in [6, 6.07) is 6.10. The van der Waals surface area contributed by atoms with Gasteiger partial charge in [0.2, 0.25) is 0 Å². The minimum atomic E-state index is 0.726. The Labute approximate surface area is 122 Å². The molecule has 0 saturated heterocycles. The van der Waals surface area contributed by atoms with Crippen LogP contribution in [0, 0.1) is 6.92 Å². The molecule has 0 radical (unpaired) electrons. The Morgan fingerprint density at radius 2 is 2.30 bits per heavy atom. The third-order valence-corrected chi connectivity index (χ3v) is 4.98. The van der Waals surface area contributed by atoms with Gasteiger partial charge in [-0.25, -0.2) is 4.31 Å². The number of aromatic nitrogens is 2. The number of hydrogen-bond donors (Lipinski definition) is 0. The number of nitrogens with zero attached hydrogens (tertiary/aromatic N) is 3. The third kappa shape index (κ3) is 2.39. The largest absolute Gasteiger partial charge is 0.345 e. The maximum Gasteiger partial charge on any atom is 0.166 e. The summed E-state index contributed by atoms with van der Waals surface area (Å²) in [6.07, 6.45) is 3.75. The van der Waals surface area contributed by atoms with Crippen LogP contribution in [0.5, 0.6) is 0 Å². The lowest BCUT2D eigenvalue weighted by atomic mass is 10.1. The second kappa shape index (κ2) is 5.42. The van der Waals surface area contributed by atoms with Gasteiger partial charge in [-0.05, 0) is 36.6 Å². The van der Waals surface area contributed by atoms with Crippen LogP contribution in [0.25, 0.3) is 0 Å². The molecule has 2 aromatic rings. The van der Waals surface area contributed by atoms with Gasteiger partial charge in [0.1, 0.15) is 0 Å². The molecule has 1 aliphatic rings. The zero-order valence-electron chi connectivity index (χ0n) is 11.7. The lowest BCUT2D eigenvalue weighted by Gasteiger charge is -2.26.